The van der Waals surface area contributed by atoms with Gasteiger partial charge in [-0.15, -0.1) is 0 Å². The lowest BCUT2D eigenvalue weighted by Gasteiger charge is -2.29. The summed E-state index contributed by atoms with van der Waals surface area (Å²) in [5, 5.41) is 0.830. The Kier molecular flexibility index (Phi) is 2.31. The van der Waals surface area contributed by atoms with E-state index in [1.165, 1.54) is 5.56 Å². The van der Waals surface area contributed by atoms with Crippen LogP contribution in [0.4, 0.5) is 0 Å². The highest BCUT2D eigenvalue weighted by molar-refractivity contribution is 6.31. The fourth-order valence-electron chi connectivity index (χ4n) is 1.77. The largest absolute Gasteiger partial charge is 0.373 e. The van der Waals surface area contributed by atoms with Crippen LogP contribution in [0, 0.1) is 0 Å². The molecule has 0 N–H and O–H groups in total. The zero-order valence-corrected chi connectivity index (χ0v) is 8.64. The van der Waals surface area contributed by atoms with Crippen molar-refractivity contribution in [1.82, 2.24) is 0 Å². The molecule has 0 fully saturated rings. The van der Waals surface area contributed by atoms with E-state index in [0.29, 0.717) is 18.6 Å². The monoisotopic (exact) mass is 196 g/mol. The van der Waals surface area contributed by atoms with Gasteiger partial charge in [-0.2, -0.15) is 0 Å². The molecule has 2 heteroatoms. The summed E-state index contributed by atoms with van der Waals surface area (Å²) in [6.07, 6.45) is 0.297. The van der Waals surface area contributed by atoms with Crippen LogP contribution in [0.15, 0.2) is 18.2 Å². The Morgan fingerprint density at radius 3 is 2.92 bits per heavy atom. The van der Waals surface area contributed by atoms with Gasteiger partial charge < -0.3 is 4.74 Å². The van der Waals surface area contributed by atoms with Crippen LogP contribution in [0.1, 0.15) is 30.9 Å². The lowest BCUT2D eigenvalue weighted by molar-refractivity contribution is 0.0242. The molecule has 0 aromatic heterocycles. The third-order valence-corrected chi connectivity index (χ3v) is 3.19. The summed E-state index contributed by atoms with van der Waals surface area (Å²) in [7, 11) is 0. The number of fused-ring (bicyclic) bond motifs is 1. The highest BCUT2D eigenvalue weighted by Gasteiger charge is 2.24. The summed E-state index contributed by atoms with van der Waals surface area (Å²) < 4.78 is 5.61. The van der Waals surface area contributed by atoms with Crippen molar-refractivity contribution in [2.45, 2.75) is 32.5 Å². The van der Waals surface area contributed by atoms with Gasteiger partial charge in [-0.25, -0.2) is 0 Å². The van der Waals surface area contributed by atoms with Crippen LogP contribution in [-0.2, 0) is 11.3 Å². The highest BCUT2D eigenvalue weighted by Crippen LogP contribution is 2.34. The highest BCUT2D eigenvalue weighted by atomic mass is 35.5. The molecule has 70 valence electrons. The Hall–Kier alpha value is -0.530. The van der Waals surface area contributed by atoms with Gasteiger partial charge in [-0.3, -0.25) is 0 Å². The Morgan fingerprint density at radius 1 is 1.38 bits per heavy atom. The quantitative estimate of drug-likeness (QED) is 0.618. The summed E-state index contributed by atoms with van der Waals surface area (Å²) >= 11 is 6.08. The summed E-state index contributed by atoms with van der Waals surface area (Å²) in [4.78, 5) is 0. The molecule has 1 aliphatic heterocycles. The minimum absolute atomic E-state index is 0.297. The first-order chi connectivity index (χ1) is 6.20. The van der Waals surface area contributed by atoms with Gasteiger partial charge in [0, 0.05) is 10.9 Å². The first-order valence-electron chi connectivity index (χ1n) is 4.59. The van der Waals surface area contributed by atoms with Gasteiger partial charge in [0.05, 0.1) is 12.7 Å². The van der Waals surface area contributed by atoms with Crippen molar-refractivity contribution in [1.29, 1.82) is 0 Å². The minimum atomic E-state index is 0.297. The van der Waals surface area contributed by atoms with E-state index >= 15 is 0 Å². The molecule has 0 radical (unpaired) electrons. The third kappa shape index (κ3) is 1.47. The van der Waals surface area contributed by atoms with Crippen molar-refractivity contribution >= 4 is 11.6 Å². The predicted octanol–water partition coefficient (Wildman–Crippen LogP) is 3.36. The maximum atomic E-state index is 6.08. The van der Waals surface area contributed by atoms with Crippen LogP contribution < -0.4 is 0 Å². The molecule has 0 saturated heterocycles. The van der Waals surface area contributed by atoms with Crippen LogP contribution in [0.3, 0.4) is 0 Å². The number of hydrogen-bond acceptors (Lipinski definition) is 1. The van der Waals surface area contributed by atoms with E-state index in [0.717, 1.165) is 10.6 Å². The smallest absolute Gasteiger partial charge is 0.0738 e. The van der Waals surface area contributed by atoms with Crippen LogP contribution >= 0.6 is 11.6 Å². The first kappa shape index (κ1) is 9.04. The second-order valence-electron chi connectivity index (χ2n) is 3.61. The summed E-state index contributed by atoms with van der Waals surface area (Å²) in [5.74, 6) is 0.447. The van der Waals surface area contributed by atoms with E-state index in [2.05, 4.69) is 19.9 Å². The molecule has 1 aromatic carbocycles. The molecule has 1 unspecified atom stereocenters. The minimum Gasteiger partial charge on any atom is -0.373 e. The van der Waals surface area contributed by atoms with E-state index in [-0.39, 0.29) is 0 Å². The Morgan fingerprint density at radius 2 is 2.15 bits per heavy atom. The molecule has 1 heterocycles. The summed E-state index contributed by atoms with van der Waals surface area (Å²) in [6.45, 7) is 4.94. The molecular formula is C11H13ClO. The number of hydrogen-bond donors (Lipinski definition) is 0. The van der Waals surface area contributed by atoms with Crippen molar-refractivity contribution < 1.29 is 4.74 Å². The van der Waals surface area contributed by atoms with Crippen molar-refractivity contribution in [3.05, 3.63) is 34.3 Å². The molecule has 0 spiro atoms. The van der Waals surface area contributed by atoms with E-state index in [4.69, 9.17) is 16.3 Å². The summed E-state index contributed by atoms with van der Waals surface area (Å²) in [6, 6.07) is 6.08. The van der Waals surface area contributed by atoms with Gasteiger partial charge in [0.2, 0.25) is 0 Å². The van der Waals surface area contributed by atoms with Gasteiger partial charge in [-0.1, -0.05) is 30.7 Å². The zero-order chi connectivity index (χ0) is 9.42. The average Bonchev–Trinajstić information content (AvgIpc) is 2.12. The topological polar surface area (TPSA) is 9.23 Å². The van der Waals surface area contributed by atoms with Crippen LogP contribution in [-0.4, -0.2) is 6.10 Å². The molecule has 0 amide bonds. The lowest BCUT2D eigenvalue weighted by Crippen LogP contribution is -2.23. The van der Waals surface area contributed by atoms with Crippen LogP contribution in [0.2, 0.25) is 5.02 Å². The Labute approximate surface area is 83.7 Å². The average molecular weight is 197 g/mol. The second kappa shape index (κ2) is 3.32. The molecule has 13 heavy (non-hydrogen) atoms. The molecule has 2 atom stereocenters. The third-order valence-electron chi connectivity index (χ3n) is 2.84. The van der Waals surface area contributed by atoms with E-state index < -0.39 is 0 Å². The molecule has 2 rings (SSSR count). The summed E-state index contributed by atoms with van der Waals surface area (Å²) in [5.41, 5.74) is 2.50. The number of benzene rings is 1. The Balaban J connectivity index is 2.49. The van der Waals surface area contributed by atoms with Gasteiger partial charge in [-0.05, 0) is 24.1 Å². The molecule has 1 aliphatic rings. The van der Waals surface area contributed by atoms with Crippen molar-refractivity contribution in [3.63, 3.8) is 0 Å². The second-order valence-corrected chi connectivity index (χ2v) is 4.02. The van der Waals surface area contributed by atoms with Gasteiger partial charge in [0.15, 0.2) is 0 Å². The van der Waals surface area contributed by atoms with E-state index in [1.54, 1.807) is 0 Å². The van der Waals surface area contributed by atoms with Gasteiger partial charge >= 0.3 is 0 Å². The standard InChI is InChI=1S/C11H13ClO/c1-7-8(2)13-6-10-9(7)4-3-5-11(10)12/h3-5,7-8H,6H2,1-2H3/t7?,8-/m0/s1. The fourth-order valence-corrected chi connectivity index (χ4v) is 2.00. The molecule has 0 saturated carbocycles. The molecule has 0 bridgehead atoms. The fraction of sp³-hybridized carbons (Fsp3) is 0.455. The Bertz CT molecular complexity index is 322. The van der Waals surface area contributed by atoms with Gasteiger partial charge in [0.25, 0.3) is 0 Å². The van der Waals surface area contributed by atoms with Crippen molar-refractivity contribution in [2.24, 2.45) is 0 Å². The maximum absolute atomic E-state index is 6.08. The van der Waals surface area contributed by atoms with Crippen molar-refractivity contribution in [3.8, 4) is 0 Å². The lowest BCUT2D eigenvalue weighted by atomic mass is 9.90. The number of rotatable bonds is 0. The predicted molar refractivity (Wildman–Crippen MR) is 54.1 cm³/mol. The maximum Gasteiger partial charge on any atom is 0.0738 e. The van der Waals surface area contributed by atoms with Crippen molar-refractivity contribution in [2.75, 3.05) is 0 Å². The number of ether oxygens (including phenoxy) is 1. The van der Waals surface area contributed by atoms with E-state index in [9.17, 15) is 0 Å². The molecule has 1 aromatic rings. The van der Waals surface area contributed by atoms with Crippen LogP contribution in [0.5, 0.6) is 0 Å². The zero-order valence-electron chi connectivity index (χ0n) is 7.88. The van der Waals surface area contributed by atoms with Gasteiger partial charge in [0.1, 0.15) is 0 Å². The molecule has 0 aliphatic carbocycles. The normalized spacial score (nSPS) is 27.0. The van der Waals surface area contributed by atoms with E-state index in [1.807, 2.05) is 12.1 Å². The molecular weight excluding hydrogens is 184 g/mol. The molecule has 1 nitrogen and oxygen atoms in total. The van der Waals surface area contributed by atoms with Crippen LogP contribution in [0.25, 0.3) is 0 Å². The SMILES string of the molecule is CC1c2cccc(Cl)c2CO[C@H]1C. The number of halogens is 1. The first-order valence-corrected chi connectivity index (χ1v) is 4.97.